The number of ether oxygens (including phenoxy) is 3. The number of pyridine rings is 1. The molecule has 0 aliphatic carbocycles. The van der Waals surface area contributed by atoms with E-state index in [1.807, 2.05) is 82.3 Å². The van der Waals surface area contributed by atoms with Gasteiger partial charge in [-0.1, -0.05) is 24.3 Å². The van der Waals surface area contributed by atoms with E-state index in [1.165, 1.54) is 18.3 Å². The predicted octanol–water partition coefficient (Wildman–Crippen LogP) is 8.91. The van der Waals surface area contributed by atoms with E-state index >= 15 is 0 Å². The summed E-state index contributed by atoms with van der Waals surface area (Å²) in [6, 6.07) is 24.5. The van der Waals surface area contributed by atoms with Crippen molar-refractivity contribution in [2.24, 2.45) is 0 Å². The van der Waals surface area contributed by atoms with Gasteiger partial charge in [-0.2, -0.15) is 5.10 Å². The van der Waals surface area contributed by atoms with Gasteiger partial charge in [0, 0.05) is 46.9 Å². The third-order valence-electron chi connectivity index (χ3n) is 8.44. The van der Waals surface area contributed by atoms with Crippen molar-refractivity contribution in [2.45, 2.75) is 20.8 Å². The zero-order valence-corrected chi connectivity index (χ0v) is 25.6. The molecule has 0 unspecified atom stereocenters. The minimum Gasteiger partial charge on any atom is -0.496 e. The molecule has 0 atom stereocenters. The second-order valence-corrected chi connectivity index (χ2v) is 11.0. The third kappa shape index (κ3) is 4.75. The van der Waals surface area contributed by atoms with Crippen molar-refractivity contribution < 1.29 is 18.6 Å². The first-order chi connectivity index (χ1) is 21.9. The molecule has 224 valence electrons. The number of para-hydroxylation sites is 1. The molecule has 0 bridgehead atoms. The molecule has 0 amide bonds. The Labute approximate surface area is 260 Å². The van der Waals surface area contributed by atoms with Crippen molar-refractivity contribution in [1.82, 2.24) is 19.3 Å². The molecule has 0 spiro atoms. The maximum absolute atomic E-state index is 14.2. The highest BCUT2D eigenvalue weighted by Gasteiger charge is 2.22. The topological polar surface area (TPSA) is 63.3 Å². The van der Waals surface area contributed by atoms with Crippen LogP contribution in [0.15, 0.2) is 97.5 Å². The highest BCUT2D eigenvalue weighted by molar-refractivity contribution is 6.09. The summed E-state index contributed by atoms with van der Waals surface area (Å²) in [6.45, 7) is 6.19. The van der Waals surface area contributed by atoms with E-state index in [2.05, 4.69) is 36.9 Å². The normalized spacial score (nSPS) is 11.3. The molecule has 4 aromatic carbocycles. The van der Waals surface area contributed by atoms with Gasteiger partial charge in [0.25, 0.3) is 0 Å². The Balaban J connectivity index is 1.26. The quantitative estimate of drug-likeness (QED) is 0.183. The van der Waals surface area contributed by atoms with Crippen molar-refractivity contribution in [2.75, 3.05) is 14.2 Å². The summed E-state index contributed by atoms with van der Waals surface area (Å²) in [5, 5.41) is 6.74. The molecule has 3 heterocycles. The lowest BCUT2D eigenvalue weighted by atomic mass is 9.94. The van der Waals surface area contributed by atoms with Crippen molar-refractivity contribution >= 4 is 21.8 Å². The summed E-state index contributed by atoms with van der Waals surface area (Å²) in [7, 11) is 3.35. The van der Waals surface area contributed by atoms with E-state index < -0.39 is 0 Å². The van der Waals surface area contributed by atoms with Crippen molar-refractivity contribution in [3.05, 3.63) is 120 Å². The first kappa shape index (κ1) is 28.2. The summed E-state index contributed by atoms with van der Waals surface area (Å²) in [6.07, 6.45) is 5.25. The van der Waals surface area contributed by atoms with Gasteiger partial charge >= 0.3 is 0 Å². The molecule has 0 aliphatic rings. The number of halogens is 1. The van der Waals surface area contributed by atoms with E-state index in [4.69, 9.17) is 14.2 Å². The second kappa shape index (κ2) is 11.1. The third-order valence-corrected chi connectivity index (χ3v) is 8.44. The average Bonchev–Trinajstić information content (AvgIpc) is 3.67. The van der Waals surface area contributed by atoms with Gasteiger partial charge < -0.3 is 14.2 Å². The number of fused-ring (bicyclic) bond motifs is 3. The van der Waals surface area contributed by atoms with E-state index in [-0.39, 0.29) is 5.82 Å². The molecule has 3 aromatic heterocycles. The van der Waals surface area contributed by atoms with Gasteiger partial charge in [0.15, 0.2) is 0 Å². The van der Waals surface area contributed by atoms with Gasteiger partial charge in [-0.25, -0.2) is 14.1 Å². The van der Waals surface area contributed by atoms with Crippen molar-refractivity contribution in [3.63, 3.8) is 0 Å². The van der Waals surface area contributed by atoms with Crippen molar-refractivity contribution in [1.29, 1.82) is 0 Å². The van der Waals surface area contributed by atoms with Crippen LogP contribution in [0.3, 0.4) is 0 Å². The molecule has 7 nitrogen and oxygen atoms in total. The summed E-state index contributed by atoms with van der Waals surface area (Å²) in [5.74, 6) is 2.98. The zero-order chi connectivity index (χ0) is 31.2. The monoisotopic (exact) mass is 598 g/mol. The van der Waals surface area contributed by atoms with Gasteiger partial charge in [-0.3, -0.25) is 4.57 Å². The van der Waals surface area contributed by atoms with Gasteiger partial charge in [0.2, 0.25) is 0 Å². The Morgan fingerprint density at radius 3 is 2.20 bits per heavy atom. The van der Waals surface area contributed by atoms with Crippen LogP contribution in [0.4, 0.5) is 4.39 Å². The first-order valence-corrected chi connectivity index (χ1v) is 14.6. The number of nitrogens with zero attached hydrogens (tertiary/aromatic N) is 4. The Kier molecular flexibility index (Phi) is 6.97. The highest BCUT2D eigenvalue weighted by atomic mass is 19.1. The van der Waals surface area contributed by atoms with E-state index in [0.717, 1.165) is 66.8 Å². The largest absolute Gasteiger partial charge is 0.496 e. The Bertz CT molecular complexity index is 2200. The minimum atomic E-state index is -0.346. The minimum absolute atomic E-state index is 0.346. The lowest BCUT2D eigenvalue weighted by molar-refractivity contribution is 0.393. The second-order valence-electron chi connectivity index (χ2n) is 11.0. The van der Waals surface area contributed by atoms with Crippen LogP contribution in [0.1, 0.15) is 16.7 Å². The highest BCUT2D eigenvalue weighted by Crippen LogP contribution is 2.45. The van der Waals surface area contributed by atoms with Crippen LogP contribution in [0.5, 0.6) is 23.0 Å². The lowest BCUT2D eigenvalue weighted by Gasteiger charge is -2.19. The van der Waals surface area contributed by atoms with E-state index in [9.17, 15) is 4.39 Å². The maximum Gasteiger partial charge on any atom is 0.140 e. The molecule has 45 heavy (non-hydrogen) atoms. The molecule has 0 N–H and O–H groups in total. The van der Waals surface area contributed by atoms with Crippen LogP contribution in [-0.4, -0.2) is 33.6 Å². The molecule has 0 fully saturated rings. The molecule has 0 aliphatic heterocycles. The standard InChI is InChI=1S/C37H31FN4O3/c1-22-23(2)36(43-4)35(37(44-5)24(22)3)25-20-40-41(21-25)27-9-8-10-28(18-27)45-29-13-14-31-30-11-6-7-12-32(30)42(33(31)19-29)34-17-26(38)15-16-39-34/h6-21H,1-5H3. The van der Waals surface area contributed by atoms with Crippen LogP contribution in [0.25, 0.3) is 44.4 Å². The Morgan fingerprint density at radius 2 is 1.44 bits per heavy atom. The molecular weight excluding hydrogens is 567 g/mol. The van der Waals surface area contributed by atoms with Gasteiger partial charge in [-0.15, -0.1) is 0 Å². The summed E-state index contributed by atoms with van der Waals surface area (Å²) in [4.78, 5) is 4.46. The fourth-order valence-electron chi connectivity index (χ4n) is 6.07. The Morgan fingerprint density at radius 1 is 0.711 bits per heavy atom. The number of rotatable bonds is 7. The van der Waals surface area contributed by atoms with Crippen LogP contribution in [0, 0.1) is 26.6 Å². The van der Waals surface area contributed by atoms with Gasteiger partial charge in [0.05, 0.1) is 42.7 Å². The van der Waals surface area contributed by atoms with Crippen LogP contribution >= 0.6 is 0 Å². The number of methoxy groups -OCH3 is 2. The first-order valence-electron chi connectivity index (χ1n) is 14.6. The van der Waals surface area contributed by atoms with E-state index in [0.29, 0.717) is 17.3 Å². The molecule has 0 saturated carbocycles. The predicted molar refractivity (Wildman–Crippen MR) is 175 cm³/mol. The fourth-order valence-corrected chi connectivity index (χ4v) is 6.07. The molecule has 0 radical (unpaired) electrons. The summed E-state index contributed by atoms with van der Waals surface area (Å²) < 4.78 is 36.1. The molecule has 8 heteroatoms. The average molecular weight is 599 g/mol. The Hall–Kier alpha value is -5.63. The molecule has 7 rings (SSSR count). The number of hydrogen-bond donors (Lipinski definition) is 0. The maximum atomic E-state index is 14.2. The van der Waals surface area contributed by atoms with Gasteiger partial charge in [-0.05, 0) is 73.9 Å². The summed E-state index contributed by atoms with van der Waals surface area (Å²) in [5.41, 5.74) is 7.65. The molecule has 7 aromatic rings. The van der Waals surface area contributed by atoms with Gasteiger partial charge in [0.1, 0.15) is 34.6 Å². The van der Waals surface area contributed by atoms with Crippen molar-refractivity contribution in [3.8, 4) is 45.6 Å². The van der Waals surface area contributed by atoms with E-state index in [1.54, 1.807) is 14.2 Å². The molecule has 0 saturated heterocycles. The number of hydrogen-bond acceptors (Lipinski definition) is 5. The van der Waals surface area contributed by atoms with Crippen LogP contribution in [-0.2, 0) is 0 Å². The lowest BCUT2D eigenvalue weighted by Crippen LogP contribution is -2.01. The number of benzene rings is 4. The summed E-state index contributed by atoms with van der Waals surface area (Å²) >= 11 is 0. The SMILES string of the molecule is COc1c(C)c(C)c(C)c(OC)c1-c1cnn(-c2cccc(Oc3ccc4c5ccccc5n(-c5cc(F)ccn5)c4c3)c2)c1. The molecular formula is C37H31FN4O3. The van der Waals surface area contributed by atoms with Crippen LogP contribution < -0.4 is 14.2 Å². The van der Waals surface area contributed by atoms with Crippen LogP contribution in [0.2, 0.25) is 0 Å². The number of aromatic nitrogens is 4. The smallest absolute Gasteiger partial charge is 0.140 e. The zero-order valence-electron chi connectivity index (χ0n) is 25.6. The fraction of sp³-hybridized carbons (Fsp3) is 0.135.